The predicted molar refractivity (Wildman–Crippen MR) is 101 cm³/mol. The lowest BCUT2D eigenvalue weighted by Gasteiger charge is -2.33. The molecule has 0 saturated carbocycles. The Hall–Kier alpha value is -2.39. The maximum absolute atomic E-state index is 13.4. The molecule has 1 saturated heterocycles. The van der Waals surface area contributed by atoms with Gasteiger partial charge in [0.15, 0.2) is 11.6 Å². The molecule has 1 aliphatic heterocycles. The third-order valence-electron chi connectivity index (χ3n) is 4.66. The number of halogens is 2. The van der Waals surface area contributed by atoms with Crippen LogP contribution in [0.15, 0.2) is 41.3 Å². The van der Waals surface area contributed by atoms with Crippen molar-refractivity contribution in [3.63, 3.8) is 0 Å². The molecule has 1 unspecified atom stereocenters. The number of methoxy groups -OCH3 is 2. The number of benzene rings is 2. The smallest absolute Gasteiger partial charge is 0.246 e. The maximum Gasteiger partial charge on any atom is 0.246 e. The van der Waals surface area contributed by atoms with Crippen LogP contribution in [0.2, 0.25) is 0 Å². The highest BCUT2D eigenvalue weighted by molar-refractivity contribution is 7.89. The summed E-state index contributed by atoms with van der Waals surface area (Å²) in [5, 5.41) is 3.09. The summed E-state index contributed by atoms with van der Waals surface area (Å²) in [6.07, 6.45) is 1.35. The summed E-state index contributed by atoms with van der Waals surface area (Å²) < 4.78 is 64.5. The molecule has 0 spiro atoms. The van der Waals surface area contributed by atoms with Crippen molar-refractivity contribution in [2.75, 3.05) is 32.6 Å². The second kappa shape index (κ2) is 8.32. The van der Waals surface area contributed by atoms with E-state index in [0.29, 0.717) is 30.8 Å². The molecule has 1 fully saturated rings. The van der Waals surface area contributed by atoms with Crippen molar-refractivity contribution in [2.24, 2.45) is 0 Å². The van der Waals surface area contributed by atoms with E-state index >= 15 is 0 Å². The van der Waals surface area contributed by atoms with Crippen LogP contribution >= 0.6 is 0 Å². The maximum atomic E-state index is 13.4. The van der Waals surface area contributed by atoms with Gasteiger partial charge in [0.25, 0.3) is 0 Å². The summed E-state index contributed by atoms with van der Waals surface area (Å²) in [6, 6.07) is 7.85. The normalized spacial score (nSPS) is 17.9. The first-order valence-electron chi connectivity index (χ1n) is 8.79. The van der Waals surface area contributed by atoms with Gasteiger partial charge >= 0.3 is 0 Å². The lowest BCUT2D eigenvalue weighted by molar-refractivity contribution is 0.324. The first-order chi connectivity index (χ1) is 13.3. The summed E-state index contributed by atoms with van der Waals surface area (Å²) in [6.45, 7) is 0.573. The van der Waals surface area contributed by atoms with Crippen LogP contribution in [0.25, 0.3) is 0 Å². The second-order valence-corrected chi connectivity index (χ2v) is 8.40. The van der Waals surface area contributed by atoms with Crippen LogP contribution in [0.1, 0.15) is 12.8 Å². The summed E-state index contributed by atoms with van der Waals surface area (Å²) in [5.74, 6) is -1.18. The minimum absolute atomic E-state index is 0.0595. The minimum atomic E-state index is -3.79. The number of sulfonamides is 1. The van der Waals surface area contributed by atoms with Crippen molar-refractivity contribution in [3.8, 4) is 11.5 Å². The van der Waals surface area contributed by atoms with E-state index in [1.807, 2.05) is 0 Å². The average Bonchev–Trinajstić information content (AvgIpc) is 2.70. The van der Waals surface area contributed by atoms with Gasteiger partial charge < -0.3 is 14.8 Å². The fourth-order valence-electron chi connectivity index (χ4n) is 3.23. The molecule has 0 aliphatic carbocycles. The zero-order chi connectivity index (χ0) is 20.3. The molecule has 0 radical (unpaired) electrons. The quantitative estimate of drug-likeness (QED) is 0.789. The van der Waals surface area contributed by atoms with Gasteiger partial charge in [0, 0.05) is 37.0 Å². The van der Waals surface area contributed by atoms with Gasteiger partial charge in [-0.3, -0.25) is 0 Å². The van der Waals surface area contributed by atoms with E-state index in [9.17, 15) is 17.2 Å². The number of piperidine rings is 1. The fraction of sp³-hybridized carbons (Fsp3) is 0.368. The lowest BCUT2D eigenvalue weighted by atomic mass is 10.1. The topological polar surface area (TPSA) is 67.9 Å². The van der Waals surface area contributed by atoms with Gasteiger partial charge in [-0.2, -0.15) is 4.31 Å². The zero-order valence-corrected chi connectivity index (χ0v) is 16.4. The molecule has 9 heteroatoms. The van der Waals surface area contributed by atoms with Gasteiger partial charge in [-0.05, 0) is 37.1 Å². The molecule has 6 nitrogen and oxygen atoms in total. The molecule has 1 heterocycles. The van der Waals surface area contributed by atoms with E-state index in [-0.39, 0.29) is 23.2 Å². The minimum Gasteiger partial charge on any atom is -0.497 e. The summed E-state index contributed by atoms with van der Waals surface area (Å²) in [7, 11) is -0.903. The van der Waals surface area contributed by atoms with E-state index in [4.69, 9.17) is 9.47 Å². The zero-order valence-electron chi connectivity index (χ0n) is 15.6. The van der Waals surface area contributed by atoms with E-state index in [2.05, 4.69) is 5.32 Å². The third kappa shape index (κ3) is 4.20. The Morgan fingerprint density at radius 2 is 1.86 bits per heavy atom. The molecule has 3 rings (SSSR count). The molecule has 2 aromatic rings. The van der Waals surface area contributed by atoms with Crippen LogP contribution in [0.5, 0.6) is 11.5 Å². The van der Waals surface area contributed by atoms with Crippen molar-refractivity contribution in [3.05, 3.63) is 48.0 Å². The highest BCUT2D eigenvalue weighted by Gasteiger charge is 2.32. The Labute approximate surface area is 163 Å². The van der Waals surface area contributed by atoms with Gasteiger partial charge in [-0.25, -0.2) is 17.2 Å². The van der Waals surface area contributed by atoms with E-state index in [1.54, 1.807) is 6.07 Å². The van der Waals surface area contributed by atoms with Crippen LogP contribution in [-0.2, 0) is 10.0 Å². The third-order valence-corrected chi connectivity index (χ3v) is 6.57. The first-order valence-corrected chi connectivity index (χ1v) is 10.2. The highest BCUT2D eigenvalue weighted by atomic mass is 32.2. The van der Waals surface area contributed by atoms with Crippen LogP contribution in [0, 0.1) is 11.6 Å². The van der Waals surface area contributed by atoms with Crippen LogP contribution in [0.3, 0.4) is 0 Å². The SMILES string of the molecule is COc1ccc(S(=O)(=O)N2CCCC(Nc3ccc(F)c(F)c3)C2)c(OC)c1. The Morgan fingerprint density at radius 1 is 1.07 bits per heavy atom. The largest absolute Gasteiger partial charge is 0.497 e. The highest BCUT2D eigenvalue weighted by Crippen LogP contribution is 2.32. The average molecular weight is 412 g/mol. The van der Waals surface area contributed by atoms with Crippen LogP contribution in [0.4, 0.5) is 14.5 Å². The predicted octanol–water partition coefficient (Wildman–Crippen LogP) is 3.25. The van der Waals surface area contributed by atoms with Crippen LogP contribution in [-0.4, -0.2) is 46.1 Å². The van der Waals surface area contributed by atoms with E-state index in [0.717, 1.165) is 12.1 Å². The van der Waals surface area contributed by atoms with Crippen molar-refractivity contribution in [1.82, 2.24) is 4.31 Å². The molecule has 152 valence electrons. The number of rotatable bonds is 6. The Bertz CT molecular complexity index is 953. The number of hydrogen-bond acceptors (Lipinski definition) is 5. The summed E-state index contributed by atoms with van der Waals surface area (Å²) in [4.78, 5) is 0.0595. The molecule has 0 amide bonds. The van der Waals surface area contributed by atoms with Crippen LogP contribution < -0.4 is 14.8 Å². The van der Waals surface area contributed by atoms with Gasteiger partial charge in [-0.1, -0.05) is 0 Å². The molecule has 1 aliphatic rings. The molecule has 28 heavy (non-hydrogen) atoms. The molecule has 2 aromatic carbocycles. The summed E-state index contributed by atoms with van der Waals surface area (Å²) >= 11 is 0. The van der Waals surface area contributed by atoms with Gasteiger partial charge in [0.1, 0.15) is 16.4 Å². The number of hydrogen-bond donors (Lipinski definition) is 1. The van der Waals surface area contributed by atoms with Crippen molar-refractivity contribution < 1.29 is 26.7 Å². The first kappa shape index (κ1) is 20.3. The van der Waals surface area contributed by atoms with Gasteiger partial charge in [-0.15, -0.1) is 0 Å². The Balaban J connectivity index is 1.80. The molecule has 0 bridgehead atoms. The van der Waals surface area contributed by atoms with Gasteiger partial charge in [0.2, 0.25) is 10.0 Å². The Morgan fingerprint density at radius 3 is 2.54 bits per heavy atom. The fourth-order valence-corrected chi connectivity index (χ4v) is 4.89. The number of ether oxygens (including phenoxy) is 2. The second-order valence-electron chi connectivity index (χ2n) is 6.49. The number of nitrogens with one attached hydrogen (secondary N) is 1. The van der Waals surface area contributed by atoms with E-state index < -0.39 is 21.7 Å². The summed E-state index contributed by atoms with van der Waals surface area (Å²) in [5.41, 5.74) is 0.408. The monoisotopic (exact) mass is 412 g/mol. The van der Waals surface area contributed by atoms with E-state index in [1.165, 1.54) is 36.7 Å². The molecular formula is C19H22F2N2O4S. The standard InChI is InChI=1S/C19H22F2N2O4S/c1-26-15-6-8-19(18(11-15)27-2)28(24,25)23-9-3-4-14(12-23)22-13-5-7-16(20)17(21)10-13/h5-8,10-11,14,22H,3-4,9,12H2,1-2H3. The van der Waals surface area contributed by atoms with Crippen molar-refractivity contribution in [2.45, 2.75) is 23.8 Å². The number of nitrogens with zero attached hydrogens (tertiary/aromatic N) is 1. The van der Waals surface area contributed by atoms with Crippen molar-refractivity contribution in [1.29, 1.82) is 0 Å². The number of anilines is 1. The molecule has 1 N–H and O–H groups in total. The van der Waals surface area contributed by atoms with Gasteiger partial charge in [0.05, 0.1) is 14.2 Å². The molecular weight excluding hydrogens is 390 g/mol. The van der Waals surface area contributed by atoms with Crippen molar-refractivity contribution >= 4 is 15.7 Å². The molecule has 0 aromatic heterocycles. The molecule has 1 atom stereocenters. The Kier molecular flexibility index (Phi) is 6.04. The lowest BCUT2D eigenvalue weighted by Crippen LogP contribution is -2.45.